The van der Waals surface area contributed by atoms with Crippen LogP contribution < -0.4 is 4.74 Å². The normalized spacial score (nSPS) is 14.1. The molecule has 0 unspecified atom stereocenters. The van der Waals surface area contributed by atoms with Crippen molar-refractivity contribution in [3.8, 4) is 22.9 Å². The van der Waals surface area contributed by atoms with Gasteiger partial charge in [0.1, 0.15) is 5.75 Å². The van der Waals surface area contributed by atoms with E-state index in [1.165, 1.54) is 6.42 Å². The summed E-state index contributed by atoms with van der Waals surface area (Å²) in [5.41, 5.74) is 2.69. The van der Waals surface area contributed by atoms with Gasteiger partial charge in [-0.15, -0.1) is 0 Å². The summed E-state index contributed by atoms with van der Waals surface area (Å²) in [6.45, 7) is 1.56. The number of carbonyl (C=O) groups excluding carboxylic acids is 1. The molecule has 0 bridgehead atoms. The van der Waals surface area contributed by atoms with Crippen LogP contribution in [-0.4, -0.2) is 24.1 Å². The van der Waals surface area contributed by atoms with E-state index in [4.69, 9.17) is 10.00 Å². The average Bonchev–Trinajstić information content (AvgIpc) is 2.63. The first-order valence-electron chi connectivity index (χ1n) is 7.83. The van der Waals surface area contributed by atoms with Gasteiger partial charge in [-0.1, -0.05) is 24.3 Å². The number of nitrogens with zero attached hydrogens (tertiary/aromatic N) is 2. The summed E-state index contributed by atoms with van der Waals surface area (Å²) in [6.07, 6.45) is 3.01. The standard InChI is InChI=1S/C19H18N2O2/c20-14-15-4-6-16(7-5-15)17-8-10-18(11-9-17)23-19(22)21-12-2-1-3-13-21/h4-11H,1-3,12-13H2. The highest BCUT2D eigenvalue weighted by Gasteiger charge is 2.18. The Hall–Kier alpha value is -2.80. The zero-order valence-corrected chi connectivity index (χ0v) is 12.9. The van der Waals surface area contributed by atoms with Crippen molar-refractivity contribution >= 4 is 6.09 Å². The highest BCUT2D eigenvalue weighted by molar-refractivity contribution is 5.71. The molecule has 0 spiro atoms. The van der Waals surface area contributed by atoms with Crippen molar-refractivity contribution in [1.82, 2.24) is 4.90 Å². The SMILES string of the molecule is N#Cc1ccc(-c2ccc(OC(=O)N3CCCCC3)cc2)cc1. The van der Waals surface area contributed by atoms with Gasteiger partial charge in [-0.05, 0) is 54.7 Å². The van der Waals surface area contributed by atoms with Crippen molar-refractivity contribution in [2.24, 2.45) is 0 Å². The number of hydrogen-bond acceptors (Lipinski definition) is 3. The molecule has 0 N–H and O–H groups in total. The number of nitriles is 1. The average molecular weight is 306 g/mol. The van der Waals surface area contributed by atoms with Crippen molar-refractivity contribution in [1.29, 1.82) is 5.26 Å². The maximum absolute atomic E-state index is 12.1. The molecule has 0 aliphatic carbocycles. The molecule has 23 heavy (non-hydrogen) atoms. The minimum atomic E-state index is -0.268. The van der Waals surface area contributed by atoms with Gasteiger partial charge in [-0.25, -0.2) is 4.79 Å². The Morgan fingerprint density at radius 2 is 1.48 bits per heavy atom. The molecule has 2 aromatic rings. The maximum Gasteiger partial charge on any atom is 0.415 e. The van der Waals surface area contributed by atoms with Gasteiger partial charge >= 0.3 is 6.09 Å². The second kappa shape index (κ2) is 6.97. The summed E-state index contributed by atoms with van der Waals surface area (Å²) in [6, 6.07) is 16.9. The van der Waals surface area contributed by atoms with E-state index in [1.54, 1.807) is 29.2 Å². The molecule has 116 valence electrons. The van der Waals surface area contributed by atoms with Gasteiger partial charge in [0.15, 0.2) is 0 Å². The fourth-order valence-electron chi connectivity index (χ4n) is 2.69. The molecule has 0 aromatic heterocycles. The molecule has 0 atom stereocenters. The molecule has 4 nitrogen and oxygen atoms in total. The number of amides is 1. The van der Waals surface area contributed by atoms with E-state index in [-0.39, 0.29) is 6.09 Å². The molecule has 0 saturated carbocycles. The van der Waals surface area contributed by atoms with Crippen LogP contribution >= 0.6 is 0 Å². The molecule has 1 saturated heterocycles. The van der Waals surface area contributed by atoms with Gasteiger partial charge in [0, 0.05) is 13.1 Å². The van der Waals surface area contributed by atoms with Crippen LogP contribution in [0, 0.1) is 11.3 Å². The largest absolute Gasteiger partial charge is 0.415 e. The summed E-state index contributed by atoms with van der Waals surface area (Å²) in [5.74, 6) is 0.554. The molecule has 1 heterocycles. The van der Waals surface area contributed by atoms with Crippen LogP contribution in [0.5, 0.6) is 5.75 Å². The number of rotatable bonds is 2. The first kappa shape index (κ1) is 15.1. The molecule has 3 rings (SSSR count). The Labute approximate surface area is 135 Å². The number of carbonyl (C=O) groups is 1. The number of piperidine rings is 1. The van der Waals surface area contributed by atoms with E-state index in [9.17, 15) is 4.79 Å². The lowest BCUT2D eigenvalue weighted by molar-refractivity contribution is 0.142. The van der Waals surface area contributed by atoms with Crippen molar-refractivity contribution in [2.45, 2.75) is 19.3 Å². The van der Waals surface area contributed by atoms with Gasteiger partial charge in [-0.3, -0.25) is 0 Å². The minimum Gasteiger partial charge on any atom is -0.410 e. The topological polar surface area (TPSA) is 53.3 Å². The van der Waals surface area contributed by atoms with Gasteiger partial charge in [-0.2, -0.15) is 5.26 Å². The molecule has 1 aliphatic rings. The van der Waals surface area contributed by atoms with E-state index in [1.807, 2.05) is 24.3 Å². The van der Waals surface area contributed by atoms with Crippen molar-refractivity contribution < 1.29 is 9.53 Å². The lowest BCUT2D eigenvalue weighted by atomic mass is 10.0. The zero-order valence-electron chi connectivity index (χ0n) is 12.9. The fourth-order valence-corrected chi connectivity index (χ4v) is 2.69. The smallest absolute Gasteiger partial charge is 0.410 e. The quantitative estimate of drug-likeness (QED) is 0.835. The van der Waals surface area contributed by atoms with Crippen LogP contribution in [0.2, 0.25) is 0 Å². The predicted octanol–water partition coefficient (Wildman–Crippen LogP) is 4.21. The van der Waals surface area contributed by atoms with Gasteiger partial charge < -0.3 is 9.64 Å². The van der Waals surface area contributed by atoms with Crippen LogP contribution in [0.25, 0.3) is 11.1 Å². The Bertz CT molecular complexity index is 709. The molecule has 1 fully saturated rings. The summed E-state index contributed by atoms with van der Waals surface area (Å²) >= 11 is 0. The number of likely N-dealkylation sites (tertiary alicyclic amines) is 1. The highest BCUT2D eigenvalue weighted by atomic mass is 16.6. The second-order valence-electron chi connectivity index (χ2n) is 5.63. The zero-order chi connectivity index (χ0) is 16.1. The van der Waals surface area contributed by atoms with Crippen LogP contribution in [0.4, 0.5) is 4.79 Å². The van der Waals surface area contributed by atoms with Gasteiger partial charge in [0.25, 0.3) is 0 Å². The van der Waals surface area contributed by atoms with Crippen LogP contribution in [0.1, 0.15) is 24.8 Å². The Balaban J connectivity index is 1.66. The molecule has 1 amide bonds. The van der Waals surface area contributed by atoms with Crippen LogP contribution in [0.15, 0.2) is 48.5 Å². The Morgan fingerprint density at radius 1 is 0.913 bits per heavy atom. The summed E-state index contributed by atoms with van der Waals surface area (Å²) in [4.78, 5) is 13.8. The van der Waals surface area contributed by atoms with E-state index in [0.717, 1.165) is 37.1 Å². The van der Waals surface area contributed by atoms with Crippen molar-refractivity contribution in [3.63, 3.8) is 0 Å². The number of ether oxygens (including phenoxy) is 1. The lowest BCUT2D eigenvalue weighted by Gasteiger charge is -2.25. The third-order valence-corrected chi connectivity index (χ3v) is 4.02. The molecule has 4 heteroatoms. The van der Waals surface area contributed by atoms with Gasteiger partial charge in [0.2, 0.25) is 0 Å². The first-order valence-corrected chi connectivity index (χ1v) is 7.83. The summed E-state index contributed by atoms with van der Waals surface area (Å²) in [7, 11) is 0. The van der Waals surface area contributed by atoms with Crippen LogP contribution in [0.3, 0.4) is 0 Å². The third kappa shape index (κ3) is 3.70. The Kier molecular flexibility index (Phi) is 4.58. The second-order valence-corrected chi connectivity index (χ2v) is 5.63. The fraction of sp³-hybridized carbons (Fsp3) is 0.263. The predicted molar refractivity (Wildman–Crippen MR) is 88.0 cm³/mol. The number of hydrogen-bond donors (Lipinski definition) is 0. The third-order valence-electron chi connectivity index (χ3n) is 4.02. The Morgan fingerprint density at radius 3 is 2.04 bits per heavy atom. The van der Waals surface area contributed by atoms with Crippen molar-refractivity contribution in [3.05, 3.63) is 54.1 Å². The summed E-state index contributed by atoms with van der Waals surface area (Å²) < 4.78 is 5.43. The molecule has 0 radical (unpaired) electrons. The molecular weight excluding hydrogens is 288 g/mol. The highest BCUT2D eigenvalue weighted by Crippen LogP contribution is 2.23. The minimum absolute atomic E-state index is 0.268. The van der Waals surface area contributed by atoms with E-state index < -0.39 is 0 Å². The first-order chi connectivity index (χ1) is 11.3. The van der Waals surface area contributed by atoms with Gasteiger partial charge in [0.05, 0.1) is 11.6 Å². The van der Waals surface area contributed by atoms with E-state index in [2.05, 4.69) is 6.07 Å². The molecule has 1 aliphatic heterocycles. The lowest BCUT2D eigenvalue weighted by Crippen LogP contribution is -2.37. The molecule has 2 aromatic carbocycles. The summed E-state index contributed by atoms with van der Waals surface area (Å²) in [5, 5.41) is 8.82. The van der Waals surface area contributed by atoms with Crippen molar-refractivity contribution in [2.75, 3.05) is 13.1 Å². The van der Waals surface area contributed by atoms with E-state index in [0.29, 0.717) is 11.3 Å². The molecular formula is C19H18N2O2. The van der Waals surface area contributed by atoms with E-state index >= 15 is 0 Å². The monoisotopic (exact) mass is 306 g/mol. The number of benzene rings is 2. The maximum atomic E-state index is 12.1. The van der Waals surface area contributed by atoms with Crippen LogP contribution in [-0.2, 0) is 0 Å².